The van der Waals surface area contributed by atoms with Crippen molar-refractivity contribution in [3.8, 4) is 11.4 Å². The van der Waals surface area contributed by atoms with E-state index < -0.39 is 0 Å². The minimum atomic E-state index is -0.343. The maximum Gasteiger partial charge on any atom is 0.225 e. The SMILES string of the molecule is Nc1nc(N)nc(-c2c(CO)ccc(CO)c2CO)n1. The average molecular weight is 277 g/mol. The molecule has 1 aromatic heterocycles. The molecule has 7 N–H and O–H groups in total. The maximum atomic E-state index is 9.52. The highest BCUT2D eigenvalue weighted by Gasteiger charge is 2.17. The molecule has 8 nitrogen and oxygen atoms in total. The molecule has 1 heterocycles. The zero-order chi connectivity index (χ0) is 14.7. The summed E-state index contributed by atoms with van der Waals surface area (Å²) in [6.07, 6.45) is 0. The molecule has 2 aromatic rings. The van der Waals surface area contributed by atoms with Crippen molar-refractivity contribution in [2.24, 2.45) is 0 Å². The number of hydrogen-bond donors (Lipinski definition) is 5. The second kappa shape index (κ2) is 5.78. The highest BCUT2D eigenvalue weighted by atomic mass is 16.3. The largest absolute Gasteiger partial charge is 0.392 e. The molecule has 1 aromatic carbocycles. The number of aromatic nitrogens is 3. The van der Waals surface area contributed by atoms with Crippen molar-refractivity contribution in [2.75, 3.05) is 11.5 Å². The lowest BCUT2D eigenvalue weighted by Gasteiger charge is -2.15. The van der Waals surface area contributed by atoms with Gasteiger partial charge in [-0.2, -0.15) is 15.0 Å². The normalized spacial score (nSPS) is 10.8. The molecule has 0 aliphatic carbocycles. The van der Waals surface area contributed by atoms with Gasteiger partial charge in [0.1, 0.15) is 0 Å². The molecule has 0 amide bonds. The van der Waals surface area contributed by atoms with Crippen LogP contribution >= 0.6 is 0 Å². The molecule has 8 heteroatoms. The van der Waals surface area contributed by atoms with Gasteiger partial charge in [0.25, 0.3) is 0 Å². The summed E-state index contributed by atoms with van der Waals surface area (Å²) in [6.45, 7) is -0.880. The summed E-state index contributed by atoms with van der Waals surface area (Å²) in [5.41, 5.74) is 12.9. The number of nitrogens with two attached hydrogens (primary N) is 2. The molecule has 0 aliphatic rings. The zero-order valence-corrected chi connectivity index (χ0v) is 10.6. The molecule has 0 saturated carbocycles. The summed E-state index contributed by atoms with van der Waals surface area (Å²) in [4.78, 5) is 11.6. The number of aliphatic hydroxyl groups is 3. The minimum absolute atomic E-state index is 0.0605. The van der Waals surface area contributed by atoms with E-state index in [2.05, 4.69) is 15.0 Å². The van der Waals surface area contributed by atoms with E-state index in [0.717, 1.165) is 0 Å². The monoisotopic (exact) mass is 277 g/mol. The van der Waals surface area contributed by atoms with Crippen molar-refractivity contribution >= 4 is 11.9 Å². The molecular formula is C12H15N5O3. The van der Waals surface area contributed by atoms with Crippen LogP contribution in [0.3, 0.4) is 0 Å². The molecule has 20 heavy (non-hydrogen) atoms. The van der Waals surface area contributed by atoms with Gasteiger partial charge in [0.2, 0.25) is 11.9 Å². The fourth-order valence-corrected chi connectivity index (χ4v) is 2.00. The van der Waals surface area contributed by atoms with Crippen molar-refractivity contribution < 1.29 is 15.3 Å². The predicted octanol–water partition coefficient (Wildman–Crippen LogP) is -0.820. The third-order valence-electron chi connectivity index (χ3n) is 2.89. The standard InChI is InChI=1S/C12H15N5O3/c13-11-15-10(16-12(14)17-11)9-7(4-19)2-1-6(3-18)8(9)5-20/h1-2,18-20H,3-5H2,(H4,13,14,15,16,17). The highest BCUT2D eigenvalue weighted by molar-refractivity contribution is 5.68. The Morgan fingerprint density at radius 3 is 1.85 bits per heavy atom. The molecule has 106 valence electrons. The number of aliphatic hydroxyl groups excluding tert-OH is 3. The topological polar surface area (TPSA) is 151 Å². The Bertz CT molecular complexity index is 612. The summed E-state index contributed by atoms with van der Waals surface area (Å²) in [5, 5.41) is 28.3. The van der Waals surface area contributed by atoms with E-state index in [1.54, 1.807) is 12.1 Å². The Hall–Kier alpha value is -2.29. The van der Waals surface area contributed by atoms with E-state index in [-0.39, 0.29) is 37.5 Å². The van der Waals surface area contributed by atoms with Crippen LogP contribution in [0.5, 0.6) is 0 Å². The van der Waals surface area contributed by atoms with Crippen LogP contribution in [0.25, 0.3) is 11.4 Å². The first kappa shape index (κ1) is 14.1. The van der Waals surface area contributed by atoms with Crippen molar-refractivity contribution in [3.63, 3.8) is 0 Å². The predicted molar refractivity (Wildman–Crippen MR) is 71.9 cm³/mol. The summed E-state index contributed by atoms with van der Waals surface area (Å²) in [5.74, 6) is 0.0303. The molecule has 0 spiro atoms. The smallest absolute Gasteiger partial charge is 0.225 e. The molecule has 0 unspecified atom stereocenters. The van der Waals surface area contributed by atoms with Gasteiger partial charge < -0.3 is 26.8 Å². The van der Waals surface area contributed by atoms with Gasteiger partial charge in [-0.1, -0.05) is 12.1 Å². The van der Waals surface area contributed by atoms with Crippen molar-refractivity contribution in [1.82, 2.24) is 15.0 Å². The van der Waals surface area contributed by atoms with Crippen LogP contribution < -0.4 is 11.5 Å². The lowest BCUT2D eigenvalue weighted by molar-refractivity contribution is 0.258. The Labute approximate surface area is 114 Å². The van der Waals surface area contributed by atoms with Gasteiger partial charge in [0.15, 0.2) is 5.82 Å². The lowest BCUT2D eigenvalue weighted by Crippen LogP contribution is -2.08. The van der Waals surface area contributed by atoms with Crippen LogP contribution in [-0.4, -0.2) is 30.3 Å². The summed E-state index contributed by atoms with van der Waals surface area (Å²) in [7, 11) is 0. The van der Waals surface area contributed by atoms with Gasteiger partial charge in [0, 0.05) is 5.56 Å². The number of anilines is 2. The molecule has 0 atom stereocenters. The van der Waals surface area contributed by atoms with Crippen LogP contribution in [-0.2, 0) is 19.8 Å². The van der Waals surface area contributed by atoms with Gasteiger partial charge in [-0.3, -0.25) is 0 Å². The van der Waals surface area contributed by atoms with E-state index >= 15 is 0 Å². The van der Waals surface area contributed by atoms with Gasteiger partial charge in [-0.05, 0) is 16.7 Å². The van der Waals surface area contributed by atoms with E-state index in [1.807, 2.05) is 0 Å². The first-order valence-corrected chi connectivity index (χ1v) is 5.84. The van der Waals surface area contributed by atoms with Crippen LogP contribution in [0.4, 0.5) is 11.9 Å². The second-order valence-corrected chi connectivity index (χ2v) is 4.09. The molecule has 0 bridgehead atoms. The van der Waals surface area contributed by atoms with Crippen LogP contribution in [0, 0.1) is 0 Å². The summed E-state index contributed by atoms with van der Waals surface area (Å²) in [6, 6.07) is 3.24. The lowest BCUT2D eigenvalue weighted by atomic mass is 9.96. The van der Waals surface area contributed by atoms with Crippen LogP contribution in [0.15, 0.2) is 12.1 Å². The number of nitrogens with zero attached hydrogens (tertiary/aromatic N) is 3. The molecule has 0 saturated heterocycles. The van der Waals surface area contributed by atoms with Crippen LogP contribution in [0.2, 0.25) is 0 Å². The first-order valence-electron chi connectivity index (χ1n) is 5.84. The maximum absolute atomic E-state index is 9.52. The number of benzene rings is 1. The zero-order valence-electron chi connectivity index (χ0n) is 10.6. The minimum Gasteiger partial charge on any atom is -0.392 e. The number of hydrogen-bond acceptors (Lipinski definition) is 8. The number of rotatable bonds is 4. The molecule has 2 rings (SSSR count). The first-order chi connectivity index (χ1) is 9.60. The van der Waals surface area contributed by atoms with Crippen molar-refractivity contribution in [2.45, 2.75) is 19.8 Å². The second-order valence-electron chi connectivity index (χ2n) is 4.09. The van der Waals surface area contributed by atoms with Gasteiger partial charge in [-0.15, -0.1) is 0 Å². The molecule has 0 aliphatic heterocycles. The average Bonchev–Trinajstić information content (AvgIpc) is 2.44. The molecular weight excluding hydrogens is 262 g/mol. The third-order valence-corrected chi connectivity index (χ3v) is 2.89. The highest BCUT2D eigenvalue weighted by Crippen LogP contribution is 2.29. The number of nitrogen functional groups attached to an aromatic ring is 2. The van der Waals surface area contributed by atoms with Gasteiger partial charge >= 0.3 is 0 Å². The van der Waals surface area contributed by atoms with E-state index in [0.29, 0.717) is 22.3 Å². The fourth-order valence-electron chi connectivity index (χ4n) is 2.00. The Morgan fingerprint density at radius 2 is 1.35 bits per heavy atom. The molecule has 0 radical (unpaired) electrons. The van der Waals surface area contributed by atoms with Crippen LogP contribution in [0.1, 0.15) is 16.7 Å². The molecule has 0 fully saturated rings. The Kier molecular flexibility index (Phi) is 4.08. The third kappa shape index (κ3) is 2.52. The van der Waals surface area contributed by atoms with Crippen molar-refractivity contribution in [3.05, 3.63) is 28.8 Å². The van der Waals surface area contributed by atoms with E-state index in [4.69, 9.17) is 11.5 Å². The summed E-state index contributed by atoms with van der Waals surface area (Å²) >= 11 is 0. The van der Waals surface area contributed by atoms with Gasteiger partial charge in [-0.25, -0.2) is 0 Å². The fraction of sp³-hybridized carbons (Fsp3) is 0.250. The Balaban J connectivity index is 2.75. The summed E-state index contributed by atoms with van der Waals surface area (Å²) < 4.78 is 0. The van der Waals surface area contributed by atoms with Crippen molar-refractivity contribution in [1.29, 1.82) is 0 Å². The van der Waals surface area contributed by atoms with E-state index in [9.17, 15) is 15.3 Å². The quantitative estimate of drug-likeness (QED) is 0.486. The van der Waals surface area contributed by atoms with Gasteiger partial charge in [0.05, 0.1) is 19.8 Å². The van der Waals surface area contributed by atoms with E-state index in [1.165, 1.54) is 0 Å². The Morgan fingerprint density at radius 1 is 0.800 bits per heavy atom.